The largest absolute Gasteiger partial charge is 0.397 e. The van der Waals surface area contributed by atoms with Gasteiger partial charge in [0.2, 0.25) is 0 Å². The molecule has 96 valence electrons. The van der Waals surface area contributed by atoms with Crippen molar-refractivity contribution in [3.05, 3.63) is 58.7 Å². The molecule has 3 nitrogen and oxygen atoms in total. The fourth-order valence-electron chi connectivity index (χ4n) is 2.21. The average molecular weight is 316 g/mol. The van der Waals surface area contributed by atoms with Crippen molar-refractivity contribution < 1.29 is 0 Å². The van der Waals surface area contributed by atoms with Crippen LogP contribution in [0.1, 0.15) is 5.56 Å². The molecule has 0 amide bonds. The van der Waals surface area contributed by atoms with Crippen molar-refractivity contribution >= 4 is 32.5 Å². The predicted octanol–water partition coefficient (Wildman–Crippen LogP) is 3.62. The molecule has 0 aliphatic heterocycles. The SMILES string of the molecule is Nc1c(Br)ccc2c1cnn2CCc1ccccc1. The van der Waals surface area contributed by atoms with E-state index in [0.717, 1.165) is 34.0 Å². The minimum Gasteiger partial charge on any atom is -0.397 e. The number of anilines is 1. The van der Waals surface area contributed by atoms with Crippen LogP contribution in [0.3, 0.4) is 0 Å². The van der Waals surface area contributed by atoms with Gasteiger partial charge in [0.1, 0.15) is 0 Å². The highest BCUT2D eigenvalue weighted by Gasteiger charge is 2.07. The van der Waals surface area contributed by atoms with Gasteiger partial charge in [-0.1, -0.05) is 30.3 Å². The van der Waals surface area contributed by atoms with Gasteiger partial charge < -0.3 is 5.73 Å². The summed E-state index contributed by atoms with van der Waals surface area (Å²) in [5.74, 6) is 0. The van der Waals surface area contributed by atoms with Crippen LogP contribution in [0.2, 0.25) is 0 Å². The topological polar surface area (TPSA) is 43.8 Å². The Morgan fingerprint density at radius 3 is 2.68 bits per heavy atom. The van der Waals surface area contributed by atoms with E-state index in [-0.39, 0.29) is 0 Å². The molecule has 2 N–H and O–H groups in total. The van der Waals surface area contributed by atoms with Gasteiger partial charge in [0, 0.05) is 16.4 Å². The molecule has 3 rings (SSSR count). The van der Waals surface area contributed by atoms with Crippen molar-refractivity contribution in [3.63, 3.8) is 0 Å². The highest BCUT2D eigenvalue weighted by molar-refractivity contribution is 9.10. The fraction of sp³-hybridized carbons (Fsp3) is 0.133. The lowest BCUT2D eigenvalue weighted by Crippen LogP contribution is -2.03. The van der Waals surface area contributed by atoms with E-state index < -0.39 is 0 Å². The zero-order valence-electron chi connectivity index (χ0n) is 10.4. The molecule has 0 aliphatic carbocycles. The predicted molar refractivity (Wildman–Crippen MR) is 82.0 cm³/mol. The van der Waals surface area contributed by atoms with Gasteiger partial charge in [0.05, 0.1) is 17.4 Å². The molecule has 1 heterocycles. The van der Waals surface area contributed by atoms with Crippen LogP contribution in [-0.2, 0) is 13.0 Å². The van der Waals surface area contributed by atoms with Crippen LogP contribution < -0.4 is 5.73 Å². The van der Waals surface area contributed by atoms with Crippen LogP contribution in [-0.4, -0.2) is 9.78 Å². The average Bonchev–Trinajstić information content (AvgIpc) is 2.86. The number of rotatable bonds is 3. The summed E-state index contributed by atoms with van der Waals surface area (Å²) in [7, 11) is 0. The lowest BCUT2D eigenvalue weighted by atomic mass is 10.1. The maximum Gasteiger partial charge on any atom is 0.0704 e. The molecule has 0 saturated heterocycles. The van der Waals surface area contributed by atoms with Crippen LogP contribution in [0, 0.1) is 0 Å². The Labute approximate surface area is 120 Å². The van der Waals surface area contributed by atoms with Gasteiger partial charge in [0.15, 0.2) is 0 Å². The Balaban J connectivity index is 1.88. The Bertz CT molecular complexity index is 704. The Kier molecular flexibility index (Phi) is 3.25. The third kappa shape index (κ3) is 2.36. The quantitative estimate of drug-likeness (QED) is 0.750. The summed E-state index contributed by atoms with van der Waals surface area (Å²) < 4.78 is 2.92. The minimum atomic E-state index is 0.753. The van der Waals surface area contributed by atoms with Crippen LogP contribution in [0.4, 0.5) is 5.69 Å². The molecule has 0 saturated carbocycles. The lowest BCUT2D eigenvalue weighted by Gasteiger charge is -2.05. The first-order valence-electron chi connectivity index (χ1n) is 6.19. The Hall–Kier alpha value is -1.81. The first kappa shape index (κ1) is 12.2. The van der Waals surface area contributed by atoms with Crippen molar-refractivity contribution in [2.24, 2.45) is 0 Å². The molecule has 1 aromatic heterocycles. The second-order valence-corrected chi connectivity index (χ2v) is 5.35. The van der Waals surface area contributed by atoms with Crippen LogP contribution in [0.15, 0.2) is 53.1 Å². The maximum atomic E-state index is 6.04. The van der Waals surface area contributed by atoms with E-state index >= 15 is 0 Å². The second kappa shape index (κ2) is 5.05. The van der Waals surface area contributed by atoms with Gasteiger partial charge in [-0.05, 0) is 40.0 Å². The molecule has 19 heavy (non-hydrogen) atoms. The summed E-state index contributed by atoms with van der Waals surface area (Å²) in [6, 6.07) is 14.4. The number of aryl methyl sites for hydroxylation is 2. The first-order chi connectivity index (χ1) is 9.25. The molecule has 0 spiro atoms. The molecule has 0 unspecified atom stereocenters. The van der Waals surface area contributed by atoms with E-state index in [9.17, 15) is 0 Å². The highest BCUT2D eigenvalue weighted by Crippen LogP contribution is 2.28. The lowest BCUT2D eigenvalue weighted by molar-refractivity contribution is 0.635. The number of nitrogen functional groups attached to an aromatic ring is 1. The first-order valence-corrected chi connectivity index (χ1v) is 6.98. The third-order valence-electron chi connectivity index (χ3n) is 3.27. The van der Waals surface area contributed by atoms with Crippen LogP contribution in [0.25, 0.3) is 10.9 Å². The summed E-state index contributed by atoms with van der Waals surface area (Å²) in [4.78, 5) is 0. The standard InChI is InChI=1S/C15H14BrN3/c16-13-6-7-14-12(15(13)17)10-18-19(14)9-8-11-4-2-1-3-5-11/h1-7,10H,8-9,17H2. The number of benzene rings is 2. The number of hydrogen-bond donors (Lipinski definition) is 1. The number of halogens is 1. The van der Waals surface area contributed by atoms with Gasteiger partial charge in [-0.25, -0.2) is 0 Å². The maximum absolute atomic E-state index is 6.04. The molecule has 3 aromatic rings. The molecule has 4 heteroatoms. The molecule has 0 aliphatic rings. The smallest absolute Gasteiger partial charge is 0.0704 e. The molecule has 0 fully saturated rings. The van der Waals surface area contributed by atoms with Gasteiger partial charge in [-0.2, -0.15) is 5.10 Å². The van der Waals surface area contributed by atoms with Gasteiger partial charge in [0.25, 0.3) is 0 Å². The molecular formula is C15H14BrN3. The highest BCUT2D eigenvalue weighted by atomic mass is 79.9. The zero-order chi connectivity index (χ0) is 13.2. The fourth-order valence-corrected chi connectivity index (χ4v) is 2.55. The van der Waals surface area contributed by atoms with E-state index in [2.05, 4.69) is 45.3 Å². The molecule has 0 radical (unpaired) electrons. The van der Waals surface area contributed by atoms with Gasteiger partial charge in [-0.3, -0.25) is 4.68 Å². The van der Waals surface area contributed by atoms with Crippen molar-refractivity contribution in [1.82, 2.24) is 9.78 Å². The second-order valence-electron chi connectivity index (χ2n) is 4.50. The number of nitrogens with two attached hydrogens (primary N) is 1. The van der Waals surface area contributed by atoms with Gasteiger partial charge in [-0.15, -0.1) is 0 Å². The monoisotopic (exact) mass is 315 g/mol. The van der Waals surface area contributed by atoms with Crippen LogP contribution >= 0.6 is 15.9 Å². The number of fused-ring (bicyclic) bond motifs is 1. The van der Waals surface area contributed by atoms with E-state index in [1.165, 1.54) is 5.56 Å². The number of aromatic nitrogens is 2. The normalized spacial score (nSPS) is 11.0. The third-order valence-corrected chi connectivity index (χ3v) is 3.96. The van der Waals surface area contributed by atoms with Crippen molar-refractivity contribution in [2.75, 3.05) is 5.73 Å². The summed E-state index contributed by atoms with van der Waals surface area (Å²) in [5, 5.41) is 5.43. The van der Waals surface area contributed by atoms with Crippen LogP contribution in [0.5, 0.6) is 0 Å². The zero-order valence-corrected chi connectivity index (χ0v) is 12.0. The van der Waals surface area contributed by atoms with E-state index in [0.29, 0.717) is 0 Å². The molecule has 0 bridgehead atoms. The van der Waals surface area contributed by atoms with Crippen molar-refractivity contribution in [2.45, 2.75) is 13.0 Å². The van der Waals surface area contributed by atoms with Gasteiger partial charge >= 0.3 is 0 Å². The summed E-state index contributed by atoms with van der Waals surface area (Å²) in [6.45, 7) is 0.856. The van der Waals surface area contributed by atoms with Crippen molar-refractivity contribution in [1.29, 1.82) is 0 Å². The Morgan fingerprint density at radius 2 is 1.89 bits per heavy atom. The van der Waals surface area contributed by atoms with E-state index in [4.69, 9.17) is 5.73 Å². The molecule has 0 atom stereocenters. The summed E-state index contributed by atoms with van der Waals surface area (Å²) >= 11 is 3.44. The number of nitrogens with zero attached hydrogens (tertiary/aromatic N) is 2. The molecule has 2 aromatic carbocycles. The number of hydrogen-bond acceptors (Lipinski definition) is 2. The molecular weight excluding hydrogens is 302 g/mol. The summed E-state index contributed by atoms with van der Waals surface area (Å²) in [6.07, 6.45) is 2.80. The summed E-state index contributed by atoms with van der Waals surface area (Å²) in [5.41, 5.74) is 9.19. The minimum absolute atomic E-state index is 0.753. The van der Waals surface area contributed by atoms with Crippen molar-refractivity contribution in [3.8, 4) is 0 Å². The van der Waals surface area contributed by atoms with E-state index in [1.807, 2.05) is 29.1 Å². The Morgan fingerprint density at radius 1 is 1.11 bits per heavy atom. The van der Waals surface area contributed by atoms with E-state index in [1.54, 1.807) is 0 Å².